The molecule has 5 rings (SSSR count). The van der Waals surface area contributed by atoms with Gasteiger partial charge in [0.15, 0.2) is 17.3 Å². The predicted octanol–water partition coefficient (Wildman–Crippen LogP) is 4.74. The third kappa shape index (κ3) is 5.75. The number of rotatable bonds is 7. The fourth-order valence-corrected chi connectivity index (χ4v) is 4.76. The molecule has 1 amide bonds. The van der Waals surface area contributed by atoms with Crippen LogP contribution in [0.3, 0.4) is 0 Å². The number of nitrogens with two attached hydrogens (primary N) is 1. The van der Waals surface area contributed by atoms with Gasteiger partial charge in [-0.3, -0.25) is 19.3 Å². The normalized spacial score (nSPS) is 14.5. The second kappa shape index (κ2) is 11.9. The van der Waals surface area contributed by atoms with Crippen LogP contribution in [-0.2, 0) is 9.53 Å². The van der Waals surface area contributed by atoms with Gasteiger partial charge in [0.25, 0.3) is 5.91 Å². The average Bonchev–Trinajstić information content (AvgIpc) is 3.47. The number of aromatic nitrogens is 2. The van der Waals surface area contributed by atoms with E-state index in [0.717, 1.165) is 6.07 Å². The van der Waals surface area contributed by atoms with Crippen LogP contribution in [0.4, 0.5) is 20.3 Å². The topological polar surface area (TPSA) is 129 Å². The Labute approximate surface area is 243 Å². The van der Waals surface area contributed by atoms with Gasteiger partial charge in [-0.1, -0.05) is 23.7 Å². The molecule has 0 unspecified atom stereocenters. The maximum atomic E-state index is 14.9. The van der Waals surface area contributed by atoms with Crippen molar-refractivity contribution in [2.45, 2.75) is 18.9 Å². The van der Waals surface area contributed by atoms with E-state index in [2.05, 4.69) is 10.3 Å². The van der Waals surface area contributed by atoms with Gasteiger partial charge < -0.3 is 20.5 Å². The lowest BCUT2D eigenvalue weighted by atomic mass is 10.0. The number of amides is 1. The highest BCUT2D eigenvalue weighted by molar-refractivity contribution is 6.34. The molecule has 3 N–H and O–H groups in total. The minimum atomic E-state index is -0.829. The molecule has 0 aliphatic carbocycles. The number of ether oxygens (including phenoxy) is 2. The summed E-state index contributed by atoms with van der Waals surface area (Å²) in [5, 5.41) is 4.22. The van der Waals surface area contributed by atoms with E-state index in [0.29, 0.717) is 24.9 Å². The number of halogens is 3. The van der Waals surface area contributed by atoms with E-state index in [-0.39, 0.29) is 39.2 Å². The van der Waals surface area contributed by atoms with Crippen LogP contribution in [0.15, 0.2) is 71.9 Å². The van der Waals surface area contributed by atoms with Crippen molar-refractivity contribution in [1.29, 1.82) is 0 Å². The Morgan fingerprint density at radius 3 is 2.57 bits per heavy atom. The van der Waals surface area contributed by atoms with Crippen LogP contribution in [0.5, 0.6) is 11.5 Å². The largest absolute Gasteiger partial charge is 0.467 e. The molecule has 0 saturated carbocycles. The zero-order valence-corrected chi connectivity index (χ0v) is 22.9. The first-order valence-electron chi connectivity index (χ1n) is 12.7. The lowest BCUT2D eigenvalue weighted by molar-refractivity contribution is -0.142. The molecule has 10 nitrogen and oxygen atoms in total. The van der Waals surface area contributed by atoms with Crippen molar-refractivity contribution >= 4 is 35.0 Å². The zero-order valence-electron chi connectivity index (χ0n) is 22.1. The van der Waals surface area contributed by atoms with Crippen LogP contribution in [-0.4, -0.2) is 41.2 Å². The average molecular weight is 596 g/mol. The molecule has 42 heavy (non-hydrogen) atoms. The number of carbonyl (C=O) groups is 2. The number of nitrogen functional groups attached to an aromatic ring is 1. The fraction of sp³-hybridized carbons (Fsp3) is 0.172. The number of benzene rings is 2. The Balaban J connectivity index is 1.48. The molecule has 13 heteroatoms. The van der Waals surface area contributed by atoms with Crippen molar-refractivity contribution in [2.24, 2.45) is 0 Å². The molecule has 216 valence electrons. The van der Waals surface area contributed by atoms with Gasteiger partial charge in [0, 0.05) is 48.5 Å². The van der Waals surface area contributed by atoms with E-state index in [9.17, 15) is 23.2 Å². The number of pyridine rings is 2. The molecular weight excluding hydrogens is 572 g/mol. The lowest BCUT2D eigenvalue weighted by Gasteiger charge is -2.28. The van der Waals surface area contributed by atoms with E-state index < -0.39 is 35.0 Å². The molecule has 2 aromatic heterocycles. The number of esters is 1. The van der Waals surface area contributed by atoms with Crippen molar-refractivity contribution in [3.05, 3.63) is 99.6 Å². The third-order valence-electron chi connectivity index (χ3n) is 6.70. The van der Waals surface area contributed by atoms with Crippen LogP contribution in [0.2, 0.25) is 5.02 Å². The highest BCUT2D eigenvalue weighted by Crippen LogP contribution is 2.34. The molecule has 1 aliphatic rings. The number of hydrogen-bond acceptors (Lipinski definition) is 8. The lowest BCUT2D eigenvalue weighted by Crippen LogP contribution is -2.45. The summed E-state index contributed by atoms with van der Waals surface area (Å²) < 4.78 is 40.5. The minimum Gasteiger partial charge on any atom is -0.467 e. The summed E-state index contributed by atoms with van der Waals surface area (Å²) in [6.07, 6.45) is 5.32. The second-order valence-electron chi connectivity index (χ2n) is 9.36. The monoisotopic (exact) mass is 595 g/mol. The first kappa shape index (κ1) is 28.6. The predicted molar refractivity (Wildman–Crippen MR) is 152 cm³/mol. The molecule has 0 radical (unpaired) electrons. The molecule has 1 atom stereocenters. The first-order valence-corrected chi connectivity index (χ1v) is 13.1. The Hall–Kier alpha value is -4.97. The van der Waals surface area contributed by atoms with Gasteiger partial charge in [-0.2, -0.15) is 0 Å². The molecule has 0 spiro atoms. The Bertz CT molecular complexity index is 1730. The van der Waals surface area contributed by atoms with Gasteiger partial charge >= 0.3 is 5.97 Å². The number of methoxy groups -OCH3 is 1. The van der Waals surface area contributed by atoms with Gasteiger partial charge in [0.05, 0.1) is 7.11 Å². The van der Waals surface area contributed by atoms with Gasteiger partial charge in [0.1, 0.15) is 28.3 Å². The molecule has 4 aromatic rings. The Morgan fingerprint density at radius 2 is 1.86 bits per heavy atom. The van der Waals surface area contributed by atoms with E-state index in [4.69, 9.17) is 26.8 Å². The van der Waals surface area contributed by atoms with E-state index in [1.165, 1.54) is 72.8 Å². The number of hydrogen-bond donors (Lipinski definition) is 2. The summed E-state index contributed by atoms with van der Waals surface area (Å²) in [4.78, 5) is 43.1. The molecule has 1 aliphatic heterocycles. The summed E-state index contributed by atoms with van der Waals surface area (Å²) >= 11 is 6.07. The summed E-state index contributed by atoms with van der Waals surface area (Å²) in [5.74, 6) is -2.70. The van der Waals surface area contributed by atoms with Crippen LogP contribution in [0.1, 0.15) is 23.2 Å². The fourth-order valence-electron chi connectivity index (χ4n) is 4.61. The molecule has 0 bridgehead atoms. The quantitative estimate of drug-likeness (QED) is 0.293. The van der Waals surface area contributed by atoms with E-state index in [1.807, 2.05) is 0 Å². The van der Waals surface area contributed by atoms with Crippen LogP contribution in [0, 0.1) is 11.6 Å². The van der Waals surface area contributed by atoms with E-state index in [1.54, 1.807) is 5.01 Å². The summed E-state index contributed by atoms with van der Waals surface area (Å²) in [7, 11) is 1.28. The highest BCUT2D eigenvalue weighted by atomic mass is 35.5. The SMILES string of the molecule is COC(=O)[C@@H]1CCCN1n1cc(C(=O)Nc2ccc(Oc3ccnc(N)c3Cl)c(F)c2)c(=O)c(-c2ccc(F)cc2)c1. The maximum absolute atomic E-state index is 14.9. The van der Waals surface area contributed by atoms with Crippen LogP contribution in [0.25, 0.3) is 11.1 Å². The van der Waals surface area contributed by atoms with E-state index >= 15 is 0 Å². The van der Waals surface area contributed by atoms with Crippen LogP contribution >= 0.6 is 11.6 Å². The summed E-state index contributed by atoms with van der Waals surface area (Å²) in [6.45, 7) is 0.451. The summed E-state index contributed by atoms with van der Waals surface area (Å²) in [6, 6.07) is 9.66. The van der Waals surface area contributed by atoms with Gasteiger partial charge in [-0.15, -0.1) is 0 Å². The second-order valence-corrected chi connectivity index (χ2v) is 9.73. The molecular formula is C29H24ClF2N5O5. The summed E-state index contributed by atoms with van der Waals surface area (Å²) in [5.41, 5.74) is 5.23. The Morgan fingerprint density at radius 1 is 1.10 bits per heavy atom. The maximum Gasteiger partial charge on any atom is 0.330 e. The highest BCUT2D eigenvalue weighted by Gasteiger charge is 2.32. The molecule has 3 heterocycles. The third-order valence-corrected chi connectivity index (χ3v) is 7.08. The van der Waals surface area contributed by atoms with Crippen molar-refractivity contribution < 1.29 is 27.8 Å². The first-order chi connectivity index (χ1) is 20.2. The number of nitrogens with zero attached hydrogens (tertiary/aromatic N) is 3. The Kier molecular flexibility index (Phi) is 8.07. The van der Waals surface area contributed by atoms with Gasteiger partial charge in [-0.25, -0.2) is 18.6 Å². The number of nitrogens with one attached hydrogen (secondary N) is 1. The molecule has 2 aromatic carbocycles. The number of carbonyl (C=O) groups excluding carboxylic acids is 2. The van der Waals surface area contributed by atoms with Gasteiger partial charge in [-0.05, 0) is 42.7 Å². The van der Waals surface area contributed by atoms with Crippen molar-refractivity contribution in [3.8, 4) is 22.6 Å². The molecule has 1 saturated heterocycles. The standard InChI is InChI=1S/C29H24ClF2N5O5/c1-41-29(40)22-3-2-12-37(22)36-14-19(16-4-6-17(31)7-5-16)26(38)20(15-36)28(39)35-18-8-9-23(21(32)13-18)42-24-10-11-34-27(33)25(24)30/h4-11,13-15,22H,2-3,12H2,1H3,(H2,33,34)(H,35,39)/t22-/m0/s1. The smallest absolute Gasteiger partial charge is 0.330 e. The van der Waals surface area contributed by atoms with Crippen molar-refractivity contribution in [2.75, 3.05) is 29.7 Å². The van der Waals surface area contributed by atoms with Crippen molar-refractivity contribution in [1.82, 2.24) is 9.66 Å². The zero-order chi connectivity index (χ0) is 30.0. The molecule has 1 fully saturated rings. The van der Waals surface area contributed by atoms with Crippen LogP contribution < -0.4 is 26.2 Å². The van der Waals surface area contributed by atoms with Gasteiger partial charge in [0.2, 0.25) is 5.43 Å². The minimum absolute atomic E-state index is 0.0128. The van der Waals surface area contributed by atoms with Crippen molar-refractivity contribution in [3.63, 3.8) is 0 Å². The number of anilines is 2.